The standard InChI is InChI=1S/C15H24N2OS/c1-4-15(5-2,11-16)14(18)17-12-9-7-8-10-13(12)19-6-3/h7-10H,4-6,11,16H2,1-3H3,(H,17,18). The summed E-state index contributed by atoms with van der Waals surface area (Å²) >= 11 is 1.73. The molecule has 0 heterocycles. The number of carbonyl (C=O) groups excluding carboxylic acids is 1. The number of hydrogen-bond acceptors (Lipinski definition) is 3. The Balaban J connectivity index is 2.92. The second kappa shape index (κ2) is 7.56. The molecular weight excluding hydrogens is 256 g/mol. The lowest BCUT2D eigenvalue weighted by Crippen LogP contribution is -2.41. The molecule has 0 aromatic heterocycles. The molecule has 4 heteroatoms. The summed E-state index contributed by atoms with van der Waals surface area (Å²) in [5, 5.41) is 3.05. The average Bonchev–Trinajstić information content (AvgIpc) is 2.44. The molecule has 0 saturated heterocycles. The van der Waals surface area contributed by atoms with Gasteiger partial charge in [0.1, 0.15) is 0 Å². The Morgan fingerprint density at radius 2 is 1.89 bits per heavy atom. The van der Waals surface area contributed by atoms with E-state index in [1.807, 2.05) is 38.1 Å². The van der Waals surface area contributed by atoms with E-state index >= 15 is 0 Å². The second-order valence-corrected chi connectivity index (χ2v) is 5.88. The smallest absolute Gasteiger partial charge is 0.231 e. The Bertz CT molecular complexity index is 408. The van der Waals surface area contributed by atoms with Crippen molar-refractivity contribution in [3.05, 3.63) is 24.3 Å². The molecule has 1 aromatic rings. The van der Waals surface area contributed by atoms with Gasteiger partial charge >= 0.3 is 0 Å². The molecule has 0 unspecified atom stereocenters. The van der Waals surface area contributed by atoms with Crippen LogP contribution < -0.4 is 11.1 Å². The molecule has 0 aliphatic carbocycles. The van der Waals surface area contributed by atoms with Gasteiger partial charge in [-0.2, -0.15) is 0 Å². The highest BCUT2D eigenvalue weighted by atomic mass is 32.2. The van der Waals surface area contributed by atoms with Crippen molar-refractivity contribution in [3.63, 3.8) is 0 Å². The third-order valence-electron chi connectivity index (χ3n) is 3.66. The molecule has 0 spiro atoms. The Kier molecular flexibility index (Phi) is 6.38. The molecule has 3 N–H and O–H groups in total. The summed E-state index contributed by atoms with van der Waals surface area (Å²) in [4.78, 5) is 13.6. The molecule has 3 nitrogen and oxygen atoms in total. The third-order valence-corrected chi connectivity index (χ3v) is 4.62. The zero-order chi connectivity index (χ0) is 14.3. The highest BCUT2D eigenvalue weighted by molar-refractivity contribution is 7.99. The predicted molar refractivity (Wildman–Crippen MR) is 83.5 cm³/mol. The Hall–Kier alpha value is -1.00. The van der Waals surface area contributed by atoms with Crippen LogP contribution in [0.1, 0.15) is 33.6 Å². The van der Waals surface area contributed by atoms with Gasteiger partial charge in [0.15, 0.2) is 0 Å². The minimum absolute atomic E-state index is 0.0316. The van der Waals surface area contributed by atoms with Crippen molar-refractivity contribution in [1.29, 1.82) is 0 Å². The van der Waals surface area contributed by atoms with Gasteiger partial charge in [0.05, 0.1) is 11.1 Å². The van der Waals surface area contributed by atoms with Crippen molar-refractivity contribution in [1.82, 2.24) is 0 Å². The van der Waals surface area contributed by atoms with E-state index in [-0.39, 0.29) is 5.91 Å². The molecule has 0 saturated carbocycles. The first-order chi connectivity index (χ1) is 9.13. The van der Waals surface area contributed by atoms with Crippen molar-refractivity contribution >= 4 is 23.4 Å². The number of amides is 1. The number of nitrogens with two attached hydrogens (primary N) is 1. The fraction of sp³-hybridized carbons (Fsp3) is 0.533. The van der Waals surface area contributed by atoms with Crippen LogP contribution in [0.2, 0.25) is 0 Å². The Morgan fingerprint density at radius 3 is 2.42 bits per heavy atom. The molecular formula is C15H24N2OS. The maximum atomic E-state index is 12.5. The largest absolute Gasteiger partial charge is 0.329 e. The predicted octanol–water partition coefficient (Wildman–Crippen LogP) is 3.50. The minimum atomic E-state index is -0.454. The van der Waals surface area contributed by atoms with E-state index < -0.39 is 5.41 Å². The van der Waals surface area contributed by atoms with E-state index in [1.165, 1.54) is 0 Å². The zero-order valence-corrected chi connectivity index (χ0v) is 12.8. The SMILES string of the molecule is CCSc1ccccc1NC(=O)C(CC)(CC)CN. The average molecular weight is 280 g/mol. The quantitative estimate of drug-likeness (QED) is 0.752. The molecule has 0 aliphatic rings. The summed E-state index contributed by atoms with van der Waals surface area (Å²) in [7, 11) is 0. The van der Waals surface area contributed by atoms with Crippen molar-refractivity contribution in [2.45, 2.75) is 38.5 Å². The summed E-state index contributed by atoms with van der Waals surface area (Å²) in [6.45, 7) is 6.52. The van der Waals surface area contributed by atoms with Crippen LogP contribution in [-0.2, 0) is 4.79 Å². The van der Waals surface area contributed by atoms with Gasteiger partial charge in [-0.1, -0.05) is 32.9 Å². The van der Waals surface area contributed by atoms with Gasteiger partial charge in [0.25, 0.3) is 0 Å². The summed E-state index contributed by atoms with van der Waals surface area (Å²) in [5.41, 5.74) is 6.25. The molecule has 1 rings (SSSR count). The number of thioether (sulfide) groups is 1. The van der Waals surface area contributed by atoms with E-state index in [2.05, 4.69) is 12.2 Å². The number of hydrogen-bond donors (Lipinski definition) is 2. The van der Waals surface area contributed by atoms with Crippen LogP contribution in [0.25, 0.3) is 0 Å². The zero-order valence-electron chi connectivity index (χ0n) is 12.0. The Labute approximate surface area is 120 Å². The third kappa shape index (κ3) is 3.74. The number of rotatable bonds is 7. The van der Waals surface area contributed by atoms with Crippen LogP contribution in [0.4, 0.5) is 5.69 Å². The second-order valence-electron chi connectivity index (χ2n) is 4.57. The first kappa shape index (κ1) is 16.1. The van der Waals surface area contributed by atoms with Gasteiger partial charge in [-0.15, -0.1) is 11.8 Å². The maximum Gasteiger partial charge on any atom is 0.231 e. The summed E-state index contributed by atoms with van der Waals surface area (Å²) in [5.74, 6) is 1.01. The highest BCUT2D eigenvalue weighted by Crippen LogP contribution is 2.31. The van der Waals surface area contributed by atoms with Gasteiger partial charge in [-0.3, -0.25) is 4.79 Å². The number of benzene rings is 1. The fourth-order valence-corrected chi connectivity index (χ4v) is 2.82. The van der Waals surface area contributed by atoms with E-state index in [1.54, 1.807) is 11.8 Å². The lowest BCUT2D eigenvalue weighted by atomic mass is 9.81. The monoisotopic (exact) mass is 280 g/mol. The molecule has 0 fully saturated rings. The van der Waals surface area contributed by atoms with Gasteiger partial charge in [0, 0.05) is 11.4 Å². The number of nitrogens with one attached hydrogen (secondary N) is 1. The maximum absolute atomic E-state index is 12.5. The molecule has 0 atom stereocenters. The molecule has 0 bridgehead atoms. The fourth-order valence-electron chi connectivity index (χ4n) is 2.06. The number of para-hydroxylation sites is 1. The normalized spacial score (nSPS) is 11.4. The van der Waals surface area contributed by atoms with Crippen LogP contribution in [0.5, 0.6) is 0 Å². The van der Waals surface area contributed by atoms with E-state index in [9.17, 15) is 4.79 Å². The van der Waals surface area contributed by atoms with Gasteiger partial charge < -0.3 is 11.1 Å². The molecule has 19 heavy (non-hydrogen) atoms. The number of anilines is 1. The summed E-state index contributed by atoms with van der Waals surface area (Å²) in [6, 6.07) is 7.91. The molecule has 106 valence electrons. The summed E-state index contributed by atoms with van der Waals surface area (Å²) in [6.07, 6.45) is 1.52. The first-order valence-corrected chi connectivity index (χ1v) is 7.85. The van der Waals surface area contributed by atoms with Crippen molar-refractivity contribution < 1.29 is 4.79 Å². The van der Waals surface area contributed by atoms with Crippen LogP contribution in [-0.4, -0.2) is 18.2 Å². The van der Waals surface area contributed by atoms with Gasteiger partial charge in [0.2, 0.25) is 5.91 Å². The van der Waals surface area contributed by atoms with E-state index in [4.69, 9.17) is 5.73 Å². The van der Waals surface area contributed by atoms with E-state index in [0.29, 0.717) is 6.54 Å². The Morgan fingerprint density at radius 1 is 1.26 bits per heavy atom. The number of carbonyl (C=O) groups is 1. The van der Waals surface area contributed by atoms with E-state index in [0.717, 1.165) is 29.2 Å². The van der Waals surface area contributed by atoms with Gasteiger partial charge in [-0.05, 0) is 30.7 Å². The molecule has 1 aromatic carbocycles. The van der Waals surface area contributed by atoms with Crippen LogP contribution in [0.15, 0.2) is 29.2 Å². The lowest BCUT2D eigenvalue weighted by Gasteiger charge is -2.28. The van der Waals surface area contributed by atoms with Crippen LogP contribution >= 0.6 is 11.8 Å². The van der Waals surface area contributed by atoms with Crippen LogP contribution in [0, 0.1) is 5.41 Å². The van der Waals surface area contributed by atoms with Crippen molar-refractivity contribution in [3.8, 4) is 0 Å². The minimum Gasteiger partial charge on any atom is -0.329 e. The molecule has 1 amide bonds. The van der Waals surface area contributed by atoms with Crippen molar-refractivity contribution in [2.75, 3.05) is 17.6 Å². The highest BCUT2D eigenvalue weighted by Gasteiger charge is 2.33. The summed E-state index contributed by atoms with van der Waals surface area (Å²) < 4.78 is 0. The topological polar surface area (TPSA) is 55.1 Å². The molecule has 0 aliphatic heterocycles. The van der Waals surface area contributed by atoms with Crippen LogP contribution in [0.3, 0.4) is 0 Å². The first-order valence-electron chi connectivity index (χ1n) is 6.86. The van der Waals surface area contributed by atoms with Gasteiger partial charge in [-0.25, -0.2) is 0 Å². The molecule has 0 radical (unpaired) electrons. The lowest BCUT2D eigenvalue weighted by molar-refractivity contribution is -0.125. The van der Waals surface area contributed by atoms with Crippen molar-refractivity contribution in [2.24, 2.45) is 11.1 Å².